The topological polar surface area (TPSA) is 57.5 Å². The highest BCUT2D eigenvalue weighted by Gasteiger charge is 1.90. The number of aliphatic carboxylic acids is 1. The van der Waals surface area contributed by atoms with Crippen molar-refractivity contribution >= 4 is 5.97 Å². The summed E-state index contributed by atoms with van der Waals surface area (Å²) in [6, 6.07) is 0. The first-order valence-electron chi connectivity index (χ1n) is 5.55. The molecule has 0 fully saturated rings. The van der Waals surface area contributed by atoms with Gasteiger partial charge in [0.15, 0.2) is 0 Å². The molecule has 0 radical (unpaired) electrons. The first-order chi connectivity index (χ1) is 7.27. The van der Waals surface area contributed by atoms with Crippen molar-refractivity contribution in [2.45, 2.75) is 51.4 Å². The standard InChI is InChI=1S/C12H20O3/c13-11-9-7-5-3-1-2-4-6-8-10-12(14)15/h13H,1-5,7,9-11H2,(H,14,15). The Hall–Kier alpha value is -1.01. The monoisotopic (exact) mass is 212 g/mol. The van der Waals surface area contributed by atoms with Crippen LogP contribution < -0.4 is 0 Å². The molecule has 0 atom stereocenters. The van der Waals surface area contributed by atoms with Gasteiger partial charge in [-0.2, -0.15) is 0 Å². The van der Waals surface area contributed by atoms with Crippen LogP contribution in [0.25, 0.3) is 0 Å². The molecule has 0 aliphatic heterocycles. The Labute approximate surface area is 91.5 Å². The molecule has 0 rings (SSSR count). The third-order valence-electron chi connectivity index (χ3n) is 2.07. The second kappa shape index (κ2) is 11.1. The van der Waals surface area contributed by atoms with Gasteiger partial charge in [-0.15, -0.1) is 5.92 Å². The molecule has 86 valence electrons. The third kappa shape index (κ3) is 13.0. The van der Waals surface area contributed by atoms with Gasteiger partial charge in [0.1, 0.15) is 6.42 Å². The van der Waals surface area contributed by atoms with Gasteiger partial charge in [0.05, 0.1) is 0 Å². The van der Waals surface area contributed by atoms with E-state index in [2.05, 4.69) is 11.8 Å². The summed E-state index contributed by atoms with van der Waals surface area (Å²) in [5.74, 6) is 4.61. The number of aliphatic hydroxyl groups is 1. The molecule has 15 heavy (non-hydrogen) atoms. The van der Waals surface area contributed by atoms with Crippen LogP contribution in [0.2, 0.25) is 0 Å². The van der Waals surface area contributed by atoms with E-state index in [0.717, 1.165) is 32.1 Å². The summed E-state index contributed by atoms with van der Waals surface area (Å²) < 4.78 is 0. The molecule has 0 spiro atoms. The van der Waals surface area contributed by atoms with Crippen molar-refractivity contribution in [3.05, 3.63) is 0 Å². The van der Waals surface area contributed by atoms with E-state index < -0.39 is 5.97 Å². The SMILES string of the molecule is O=C(O)CC#CCCCCCCCCO. The molecule has 0 bridgehead atoms. The minimum atomic E-state index is -0.855. The fraction of sp³-hybridized carbons (Fsp3) is 0.750. The van der Waals surface area contributed by atoms with Crippen LogP contribution in [0.4, 0.5) is 0 Å². The molecule has 0 heterocycles. The quantitative estimate of drug-likeness (QED) is 0.479. The predicted octanol–water partition coefficient (Wildman–Crippen LogP) is 2.19. The molecule has 0 unspecified atom stereocenters. The van der Waals surface area contributed by atoms with E-state index in [0.29, 0.717) is 6.61 Å². The Morgan fingerprint density at radius 1 is 0.933 bits per heavy atom. The van der Waals surface area contributed by atoms with Crippen LogP contribution in [0.15, 0.2) is 0 Å². The van der Waals surface area contributed by atoms with Crippen LogP contribution in [0, 0.1) is 11.8 Å². The first kappa shape index (κ1) is 14.0. The summed E-state index contributed by atoms with van der Waals surface area (Å²) >= 11 is 0. The van der Waals surface area contributed by atoms with Gasteiger partial charge in [-0.05, 0) is 12.8 Å². The normalized spacial score (nSPS) is 9.40. The van der Waals surface area contributed by atoms with E-state index in [-0.39, 0.29) is 6.42 Å². The molecule has 0 aromatic heterocycles. The molecule has 0 saturated heterocycles. The van der Waals surface area contributed by atoms with Crippen LogP contribution in [0.3, 0.4) is 0 Å². The number of hydrogen-bond acceptors (Lipinski definition) is 2. The van der Waals surface area contributed by atoms with Crippen LogP contribution >= 0.6 is 0 Å². The molecule has 0 aromatic carbocycles. The van der Waals surface area contributed by atoms with E-state index in [9.17, 15) is 4.79 Å². The number of carboxylic acids is 1. The lowest BCUT2D eigenvalue weighted by Gasteiger charge is -1.97. The molecular weight excluding hydrogens is 192 g/mol. The fourth-order valence-corrected chi connectivity index (χ4v) is 1.26. The molecule has 0 aliphatic carbocycles. The van der Waals surface area contributed by atoms with Crippen molar-refractivity contribution in [3.63, 3.8) is 0 Å². The highest BCUT2D eigenvalue weighted by molar-refractivity contribution is 5.69. The Balaban J connectivity index is 3.09. The number of carboxylic acid groups (broad SMARTS) is 1. The molecule has 0 aliphatic rings. The van der Waals surface area contributed by atoms with Gasteiger partial charge < -0.3 is 10.2 Å². The maximum absolute atomic E-state index is 10.1. The van der Waals surface area contributed by atoms with Crippen molar-refractivity contribution in [1.29, 1.82) is 0 Å². The summed E-state index contributed by atoms with van der Waals surface area (Å²) in [5, 5.41) is 16.9. The summed E-state index contributed by atoms with van der Waals surface area (Å²) in [6.45, 7) is 0.292. The molecular formula is C12H20O3. The molecule has 3 nitrogen and oxygen atoms in total. The van der Waals surface area contributed by atoms with Gasteiger partial charge in [-0.1, -0.05) is 31.6 Å². The lowest BCUT2D eigenvalue weighted by atomic mass is 10.1. The summed E-state index contributed by atoms with van der Waals surface area (Å²) in [5.41, 5.74) is 0. The van der Waals surface area contributed by atoms with E-state index in [1.165, 1.54) is 12.8 Å². The Morgan fingerprint density at radius 3 is 2.13 bits per heavy atom. The van der Waals surface area contributed by atoms with Crippen molar-refractivity contribution in [2.24, 2.45) is 0 Å². The minimum Gasteiger partial charge on any atom is -0.481 e. The summed E-state index contributed by atoms with van der Waals surface area (Å²) in [7, 11) is 0. The summed E-state index contributed by atoms with van der Waals surface area (Å²) in [6.07, 6.45) is 7.30. The number of carbonyl (C=O) groups is 1. The maximum Gasteiger partial charge on any atom is 0.315 e. The zero-order chi connectivity index (χ0) is 11.4. The maximum atomic E-state index is 10.1. The largest absolute Gasteiger partial charge is 0.481 e. The Morgan fingerprint density at radius 2 is 1.53 bits per heavy atom. The molecule has 3 heteroatoms. The van der Waals surface area contributed by atoms with E-state index in [1.54, 1.807) is 0 Å². The van der Waals surface area contributed by atoms with E-state index >= 15 is 0 Å². The lowest BCUT2D eigenvalue weighted by Crippen LogP contribution is -1.90. The smallest absolute Gasteiger partial charge is 0.315 e. The Bertz CT molecular complexity index is 213. The highest BCUT2D eigenvalue weighted by Crippen LogP contribution is 2.06. The number of rotatable bonds is 8. The van der Waals surface area contributed by atoms with Crippen molar-refractivity contribution < 1.29 is 15.0 Å². The summed E-state index contributed by atoms with van der Waals surface area (Å²) in [4.78, 5) is 10.1. The fourth-order valence-electron chi connectivity index (χ4n) is 1.26. The van der Waals surface area contributed by atoms with Gasteiger partial charge in [-0.25, -0.2) is 0 Å². The highest BCUT2D eigenvalue weighted by atomic mass is 16.4. The first-order valence-corrected chi connectivity index (χ1v) is 5.55. The second-order valence-electron chi connectivity index (χ2n) is 3.52. The van der Waals surface area contributed by atoms with Gasteiger partial charge in [0, 0.05) is 13.0 Å². The van der Waals surface area contributed by atoms with Crippen molar-refractivity contribution in [1.82, 2.24) is 0 Å². The zero-order valence-electron chi connectivity index (χ0n) is 9.17. The molecule has 0 saturated carbocycles. The second-order valence-corrected chi connectivity index (χ2v) is 3.52. The van der Waals surface area contributed by atoms with Gasteiger partial charge >= 0.3 is 5.97 Å². The average Bonchev–Trinajstić information content (AvgIpc) is 2.20. The Kier molecular flexibility index (Phi) is 10.3. The van der Waals surface area contributed by atoms with Gasteiger partial charge in [-0.3, -0.25) is 4.79 Å². The average molecular weight is 212 g/mol. The molecule has 2 N–H and O–H groups in total. The zero-order valence-corrected chi connectivity index (χ0v) is 9.17. The number of aliphatic hydroxyl groups excluding tert-OH is 1. The molecule has 0 aromatic rings. The van der Waals surface area contributed by atoms with Crippen molar-refractivity contribution in [3.8, 4) is 11.8 Å². The van der Waals surface area contributed by atoms with Crippen LogP contribution in [0.1, 0.15) is 51.4 Å². The van der Waals surface area contributed by atoms with Gasteiger partial charge in [0.25, 0.3) is 0 Å². The number of unbranched alkanes of at least 4 members (excludes halogenated alkanes) is 6. The lowest BCUT2D eigenvalue weighted by molar-refractivity contribution is -0.135. The van der Waals surface area contributed by atoms with Crippen LogP contribution in [-0.2, 0) is 4.79 Å². The van der Waals surface area contributed by atoms with Gasteiger partial charge in [0.2, 0.25) is 0 Å². The third-order valence-corrected chi connectivity index (χ3v) is 2.07. The van der Waals surface area contributed by atoms with E-state index in [1.807, 2.05) is 0 Å². The van der Waals surface area contributed by atoms with Crippen LogP contribution in [-0.4, -0.2) is 22.8 Å². The number of hydrogen-bond donors (Lipinski definition) is 2. The molecule has 0 amide bonds. The van der Waals surface area contributed by atoms with E-state index in [4.69, 9.17) is 10.2 Å². The van der Waals surface area contributed by atoms with Crippen LogP contribution in [0.5, 0.6) is 0 Å². The minimum absolute atomic E-state index is 0.0451. The predicted molar refractivity (Wildman–Crippen MR) is 59.4 cm³/mol. The van der Waals surface area contributed by atoms with Crippen molar-refractivity contribution in [2.75, 3.05) is 6.61 Å².